The van der Waals surface area contributed by atoms with Gasteiger partial charge in [0.2, 0.25) is 5.95 Å². The van der Waals surface area contributed by atoms with Gasteiger partial charge >= 0.3 is 0 Å². The van der Waals surface area contributed by atoms with Gasteiger partial charge in [-0.1, -0.05) is 0 Å². The van der Waals surface area contributed by atoms with Crippen LogP contribution >= 0.6 is 0 Å². The Kier molecular flexibility index (Phi) is 3.82. The molecule has 0 spiro atoms. The number of aromatic nitrogens is 2. The van der Waals surface area contributed by atoms with E-state index < -0.39 is 0 Å². The molecule has 0 aromatic carbocycles. The maximum atomic E-state index is 4.58. The molecule has 1 aliphatic carbocycles. The van der Waals surface area contributed by atoms with Gasteiger partial charge in [-0.15, -0.1) is 0 Å². The molecule has 0 unspecified atom stereocenters. The predicted molar refractivity (Wildman–Crippen MR) is 71.5 cm³/mol. The first kappa shape index (κ1) is 12.1. The van der Waals surface area contributed by atoms with E-state index in [1.54, 1.807) is 0 Å². The van der Waals surface area contributed by atoms with Crippen LogP contribution in [0.2, 0.25) is 0 Å². The molecule has 0 aliphatic heterocycles. The first-order valence-corrected chi connectivity index (χ1v) is 6.57. The fourth-order valence-electron chi connectivity index (χ4n) is 1.95. The highest BCUT2D eigenvalue weighted by molar-refractivity contribution is 5.44. The van der Waals surface area contributed by atoms with Gasteiger partial charge in [0.05, 0.1) is 0 Å². The maximum absolute atomic E-state index is 4.58. The molecule has 94 valence electrons. The molecule has 0 saturated heterocycles. The van der Waals surface area contributed by atoms with E-state index in [1.165, 1.54) is 12.8 Å². The molecule has 1 fully saturated rings. The number of anilines is 2. The van der Waals surface area contributed by atoms with Gasteiger partial charge in [-0.05, 0) is 39.5 Å². The highest BCUT2D eigenvalue weighted by Crippen LogP contribution is 2.31. The van der Waals surface area contributed by atoms with Gasteiger partial charge in [-0.2, -0.15) is 4.98 Å². The molecular formula is C13H22N4. The Morgan fingerprint density at radius 3 is 2.71 bits per heavy atom. The number of nitrogens with one attached hydrogen (secondary N) is 1. The summed E-state index contributed by atoms with van der Waals surface area (Å²) in [7, 11) is 0. The van der Waals surface area contributed by atoms with Crippen molar-refractivity contribution in [3.05, 3.63) is 11.8 Å². The molecule has 1 aromatic rings. The van der Waals surface area contributed by atoms with Gasteiger partial charge in [0, 0.05) is 31.4 Å². The van der Waals surface area contributed by atoms with Crippen molar-refractivity contribution in [1.29, 1.82) is 0 Å². The van der Waals surface area contributed by atoms with Crippen LogP contribution < -0.4 is 10.2 Å². The van der Waals surface area contributed by atoms with E-state index in [1.807, 2.05) is 6.92 Å². The monoisotopic (exact) mass is 234 g/mol. The third-order valence-corrected chi connectivity index (χ3v) is 3.06. The molecule has 4 nitrogen and oxygen atoms in total. The van der Waals surface area contributed by atoms with E-state index in [9.17, 15) is 0 Å². The van der Waals surface area contributed by atoms with Gasteiger partial charge in [0.1, 0.15) is 5.82 Å². The Bertz CT molecular complexity index is 374. The van der Waals surface area contributed by atoms with E-state index in [0.717, 1.165) is 43.0 Å². The Labute approximate surface area is 103 Å². The largest absolute Gasteiger partial charge is 0.356 e. The van der Waals surface area contributed by atoms with Crippen molar-refractivity contribution in [2.75, 3.05) is 29.9 Å². The molecule has 4 heteroatoms. The summed E-state index contributed by atoms with van der Waals surface area (Å²) in [4.78, 5) is 11.3. The van der Waals surface area contributed by atoms with E-state index in [0.29, 0.717) is 0 Å². The van der Waals surface area contributed by atoms with Crippen LogP contribution in [0.15, 0.2) is 6.07 Å². The second-order valence-corrected chi connectivity index (χ2v) is 4.70. The first-order valence-electron chi connectivity index (χ1n) is 6.57. The standard InChI is InChI=1S/C13H22N4/c1-4-14-13-15-10(3)8-12(16-13)17(5-2)9-11-6-7-11/h8,11H,4-7,9H2,1-3H3,(H,14,15,16). The van der Waals surface area contributed by atoms with Crippen molar-refractivity contribution >= 4 is 11.8 Å². The van der Waals surface area contributed by atoms with Crippen LogP contribution in [0.1, 0.15) is 32.4 Å². The minimum absolute atomic E-state index is 0.747. The van der Waals surface area contributed by atoms with Crippen LogP contribution in [-0.4, -0.2) is 29.6 Å². The summed E-state index contributed by atoms with van der Waals surface area (Å²) >= 11 is 0. The summed E-state index contributed by atoms with van der Waals surface area (Å²) in [6, 6.07) is 2.08. The maximum Gasteiger partial charge on any atom is 0.224 e. The topological polar surface area (TPSA) is 41.1 Å². The zero-order valence-electron chi connectivity index (χ0n) is 11.0. The van der Waals surface area contributed by atoms with Crippen molar-refractivity contribution in [3.63, 3.8) is 0 Å². The summed E-state index contributed by atoms with van der Waals surface area (Å²) in [5.74, 6) is 2.69. The fraction of sp³-hybridized carbons (Fsp3) is 0.692. The van der Waals surface area contributed by atoms with Crippen LogP contribution in [0.4, 0.5) is 11.8 Å². The van der Waals surface area contributed by atoms with Gasteiger partial charge in [0.15, 0.2) is 0 Å². The smallest absolute Gasteiger partial charge is 0.224 e. The average molecular weight is 234 g/mol. The molecule has 0 atom stereocenters. The molecule has 0 bridgehead atoms. The zero-order chi connectivity index (χ0) is 12.3. The van der Waals surface area contributed by atoms with Crippen LogP contribution in [0.25, 0.3) is 0 Å². The van der Waals surface area contributed by atoms with E-state index in [2.05, 4.69) is 40.1 Å². The molecule has 1 N–H and O–H groups in total. The SMILES string of the molecule is CCNc1nc(C)cc(N(CC)CC2CC2)n1. The number of rotatable bonds is 6. The first-order chi connectivity index (χ1) is 8.22. The number of aryl methyl sites for hydroxylation is 1. The summed E-state index contributed by atoms with van der Waals surface area (Å²) in [5, 5.41) is 3.19. The fourth-order valence-corrected chi connectivity index (χ4v) is 1.95. The van der Waals surface area contributed by atoms with Crippen molar-refractivity contribution in [2.24, 2.45) is 5.92 Å². The van der Waals surface area contributed by atoms with Crippen molar-refractivity contribution in [1.82, 2.24) is 9.97 Å². The minimum Gasteiger partial charge on any atom is -0.356 e. The molecule has 1 aromatic heterocycles. The Morgan fingerprint density at radius 1 is 1.35 bits per heavy atom. The molecule has 0 radical (unpaired) electrons. The van der Waals surface area contributed by atoms with Gasteiger partial charge in [0.25, 0.3) is 0 Å². The van der Waals surface area contributed by atoms with Crippen LogP contribution in [-0.2, 0) is 0 Å². The van der Waals surface area contributed by atoms with Gasteiger partial charge in [-0.3, -0.25) is 0 Å². The Hall–Kier alpha value is -1.32. The molecule has 1 heterocycles. The Balaban J connectivity index is 2.15. The highest BCUT2D eigenvalue weighted by Gasteiger charge is 2.24. The zero-order valence-corrected chi connectivity index (χ0v) is 11.0. The normalized spacial score (nSPS) is 14.8. The summed E-state index contributed by atoms with van der Waals surface area (Å²) in [6.45, 7) is 9.28. The number of hydrogen-bond donors (Lipinski definition) is 1. The van der Waals surface area contributed by atoms with Crippen LogP contribution in [0, 0.1) is 12.8 Å². The van der Waals surface area contributed by atoms with E-state index in [-0.39, 0.29) is 0 Å². The van der Waals surface area contributed by atoms with Gasteiger partial charge < -0.3 is 10.2 Å². The summed E-state index contributed by atoms with van der Waals surface area (Å²) in [6.07, 6.45) is 2.75. The van der Waals surface area contributed by atoms with Crippen molar-refractivity contribution in [2.45, 2.75) is 33.6 Å². The molecular weight excluding hydrogens is 212 g/mol. The lowest BCUT2D eigenvalue weighted by molar-refractivity contribution is 0.730. The Morgan fingerprint density at radius 2 is 2.12 bits per heavy atom. The quantitative estimate of drug-likeness (QED) is 0.821. The lowest BCUT2D eigenvalue weighted by Crippen LogP contribution is -2.26. The number of nitrogens with zero attached hydrogens (tertiary/aromatic N) is 3. The van der Waals surface area contributed by atoms with Crippen LogP contribution in [0.5, 0.6) is 0 Å². The van der Waals surface area contributed by atoms with E-state index in [4.69, 9.17) is 0 Å². The lowest BCUT2D eigenvalue weighted by Gasteiger charge is -2.22. The summed E-state index contributed by atoms with van der Waals surface area (Å²) < 4.78 is 0. The molecule has 0 amide bonds. The average Bonchev–Trinajstić information content (AvgIpc) is 3.09. The van der Waals surface area contributed by atoms with Crippen molar-refractivity contribution in [3.8, 4) is 0 Å². The highest BCUT2D eigenvalue weighted by atomic mass is 15.2. The molecule has 1 aliphatic rings. The second kappa shape index (κ2) is 5.34. The third-order valence-electron chi connectivity index (χ3n) is 3.06. The van der Waals surface area contributed by atoms with Crippen molar-refractivity contribution < 1.29 is 0 Å². The molecule has 17 heavy (non-hydrogen) atoms. The molecule has 2 rings (SSSR count). The minimum atomic E-state index is 0.747. The van der Waals surface area contributed by atoms with Gasteiger partial charge in [-0.25, -0.2) is 4.98 Å². The predicted octanol–water partition coefficient (Wildman–Crippen LogP) is 2.45. The summed E-state index contributed by atoms with van der Waals surface area (Å²) in [5.41, 5.74) is 1.03. The number of hydrogen-bond acceptors (Lipinski definition) is 4. The third kappa shape index (κ3) is 3.32. The second-order valence-electron chi connectivity index (χ2n) is 4.70. The van der Waals surface area contributed by atoms with E-state index >= 15 is 0 Å². The molecule has 1 saturated carbocycles. The van der Waals surface area contributed by atoms with Crippen LogP contribution in [0.3, 0.4) is 0 Å². The lowest BCUT2D eigenvalue weighted by atomic mass is 10.3.